The third-order valence-electron chi connectivity index (χ3n) is 1.85. The Hall–Kier alpha value is -1.69. The second-order valence-corrected chi connectivity index (χ2v) is 3.91. The third-order valence-corrected chi connectivity index (χ3v) is 2.43. The summed E-state index contributed by atoms with van der Waals surface area (Å²) >= 11 is 3.27. The van der Waals surface area contributed by atoms with Gasteiger partial charge in [0.05, 0.1) is 4.47 Å². The highest BCUT2D eigenvalue weighted by Crippen LogP contribution is 2.23. The van der Waals surface area contributed by atoms with Gasteiger partial charge in [0, 0.05) is 11.9 Å². The molecular weight excluding hydrogens is 275 g/mol. The van der Waals surface area contributed by atoms with Crippen LogP contribution in [0.4, 0.5) is 21.8 Å². The van der Waals surface area contributed by atoms with Crippen molar-refractivity contribution in [2.24, 2.45) is 0 Å². The lowest BCUT2D eigenvalue weighted by Gasteiger charge is -2.07. The van der Waals surface area contributed by atoms with E-state index in [1.165, 1.54) is 18.3 Å². The van der Waals surface area contributed by atoms with Gasteiger partial charge in [-0.1, -0.05) is 6.07 Å². The van der Waals surface area contributed by atoms with E-state index in [4.69, 9.17) is 5.73 Å². The molecule has 0 aliphatic heterocycles. The molecule has 0 aliphatic carbocycles. The predicted molar refractivity (Wildman–Crippen MR) is 63.8 cm³/mol. The first kappa shape index (κ1) is 10.8. The molecule has 0 amide bonds. The molecule has 4 nitrogen and oxygen atoms in total. The fourth-order valence-corrected chi connectivity index (χ4v) is 1.46. The first-order chi connectivity index (χ1) is 7.65. The van der Waals surface area contributed by atoms with Crippen molar-refractivity contribution in [2.75, 3.05) is 11.1 Å². The molecule has 0 atom stereocenters. The van der Waals surface area contributed by atoms with E-state index in [1.54, 1.807) is 12.1 Å². The van der Waals surface area contributed by atoms with Crippen molar-refractivity contribution in [3.63, 3.8) is 0 Å². The predicted octanol–water partition coefficient (Wildman–Crippen LogP) is 2.70. The van der Waals surface area contributed by atoms with Crippen molar-refractivity contribution < 1.29 is 4.39 Å². The minimum atomic E-state index is -0.317. The maximum Gasteiger partial charge on any atom is 0.222 e. The number of hydrogen-bond acceptors (Lipinski definition) is 4. The van der Waals surface area contributed by atoms with E-state index in [-0.39, 0.29) is 11.8 Å². The molecule has 1 aromatic heterocycles. The molecule has 0 radical (unpaired) electrons. The van der Waals surface area contributed by atoms with Crippen molar-refractivity contribution in [3.8, 4) is 0 Å². The smallest absolute Gasteiger partial charge is 0.222 e. The highest BCUT2D eigenvalue weighted by atomic mass is 79.9. The summed E-state index contributed by atoms with van der Waals surface area (Å²) < 4.78 is 13.6. The quantitative estimate of drug-likeness (QED) is 0.889. The van der Waals surface area contributed by atoms with Gasteiger partial charge in [0.25, 0.3) is 0 Å². The number of benzene rings is 1. The summed E-state index contributed by atoms with van der Waals surface area (Å²) in [6, 6.07) is 6.07. The van der Waals surface area contributed by atoms with Crippen LogP contribution in [0.5, 0.6) is 0 Å². The SMILES string of the molecule is Nc1ncc(Br)c(Nc2cccc(F)c2)n1. The molecule has 0 bridgehead atoms. The Morgan fingerprint density at radius 3 is 2.94 bits per heavy atom. The molecule has 1 aromatic carbocycles. The number of hydrogen-bond donors (Lipinski definition) is 2. The maximum absolute atomic E-state index is 12.9. The Bertz CT molecular complexity index is 518. The van der Waals surface area contributed by atoms with Crippen molar-refractivity contribution in [1.82, 2.24) is 9.97 Å². The minimum Gasteiger partial charge on any atom is -0.368 e. The second-order valence-electron chi connectivity index (χ2n) is 3.06. The number of nitrogens with two attached hydrogens (primary N) is 1. The molecule has 1 heterocycles. The Balaban J connectivity index is 2.30. The highest BCUT2D eigenvalue weighted by Gasteiger charge is 2.04. The first-order valence-corrected chi connectivity index (χ1v) is 5.25. The fraction of sp³-hybridized carbons (Fsp3) is 0. The van der Waals surface area contributed by atoms with Crippen molar-refractivity contribution in [2.45, 2.75) is 0 Å². The van der Waals surface area contributed by atoms with E-state index >= 15 is 0 Å². The summed E-state index contributed by atoms with van der Waals surface area (Å²) in [7, 11) is 0. The summed E-state index contributed by atoms with van der Waals surface area (Å²) in [5.41, 5.74) is 6.05. The molecule has 2 aromatic rings. The number of rotatable bonds is 2. The number of nitrogens with one attached hydrogen (secondary N) is 1. The van der Waals surface area contributed by atoms with Crippen LogP contribution >= 0.6 is 15.9 Å². The van der Waals surface area contributed by atoms with Gasteiger partial charge in [-0.15, -0.1) is 0 Å². The van der Waals surface area contributed by atoms with Crippen LogP contribution in [-0.4, -0.2) is 9.97 Å². The van der Waals surface area contributed by atoms with Gasteiger partial charge in [-0.05, 0) is 34.1 Å². The van der Waals surface area contributed by atoms with Gasteiger partial charge in [0.15, 0.2) is 0 Å². The number of nitrogen functional groups attached to an aromatic ring is 1. The summed E-state index contributed by atoms with van der Waals surface area (Å²) in [6.07, 6.45) is 1.53. The molecule has 3 N–H and O–H groups in total. The first-order valence-electron chi connectivity index (χ1n) is 4.46. The van der Waals surface area contributed by atoms with Crippen LogP contribution in [0.1, 0.15) is 0 Å². The Labute approximate surface area is 99.9 Å². The summed E-state index contributed by atoms with van der Waals surface area (Å²) in [5.74, 6) is 0.336. The fourth-order valence-electron chi connectivity index (χ4n) is 1.17. The maximum atomic E-state index is 12.9. The standard InChI is InChI=1S/C10H8BrFN4/c11-8-5-14-10(13)16-9(8)15-7-3-1-2-6(12)4-7/h1-5H,(H3,13,14,15,16). The zero-order chi connectivity index (χ0) is 11.5. The zero-order valence-corrected chi connectivity index (χ0v) is 9.70. The van der Waals surface area contributed by atoms with Crippen LogP contribution in [0.2, 0.25) is 0 Å². The monoisotopic (exact) mass is 282 g/mol. The molecule has 82 valence electrons. The Morgan fingerprint density at radius 1 is 1.38 bits per heavy atom. The normalized spacial score (nSPS) is 10.1. The second kappa shape index (κ2) is 4.44. The number of halogens is 2. The lowest BCUT2D eigenvalue weighted by atomic mass is 10.3. The largest absolute Gasteiger partial charge is 0.368 e. The highest BCUT2D eigenvalue weighted by molar-refractivity contribution is 9.10. The number of nitrogens with zero attached hydrogens (tertiary/aromatic N) is 2. The molecule has 16 heavy (non-hydrogen) atoms. The lowest BCUT2D eigenvalue weighted by molar-refractivity contribution is 0.628. The van der Waals surface area contributed by atoms with Gasteiger partial charge in [-0.3, -0.25) is 0 Å². The van der Waals surface area contributed by atoms with Crippen LogP contribution in [-0.2, 0) is 0 Å². The minimum absolute atomic E-state index is 0.155. The van der Waals surface area contributed by atoms with Crippen LogP contribution in [0.25, 0.3) is 0 Å². The van der Waals surface area contributed by atoms with Gasteiger partial charge < -0.3 is 11.1 Å². The third kappa shape index (κ3) is 2.46. The molecule has 6 heteroatoms. The average molecular weight is 283 g/mol. The Kier molecular flexibility index (Phi) is 3.00. The molecule has 0 saturated carbocycles. The van der Waals surface area contributed by atoms with E-state index in [9.17, 15) is 4.39 Å². The average Bonchev–Trinajstić information content (AvgIpc) is 2.24. The van der Waals surface area contributed by atoms with E-state index in [0.29, 0.717) is 16.0 Å². The van der Waals surface area contributed by atoms with Crippen LogP contribution < -0.4 is 11.1 Å². The van der Waals surface area contributed by atoms with Crippen LogP contribution in [0, 0.1) is 5.82 Å². The molecule has 0 fully saturated rings. The van der Waals surface area contributed by atoms with E-state index in [0.717, 1.165) is 0 Å². The lowest BCUT2D eigenvalue weighted by Crippen LogP contribution is -2.00. The number of aromatic nitrogens is 2. The van der Waals surface area contributed by atoms with Gasteiger partial charge >= 0.3 is 0 Å². The van der Waals surface area contributed by atoms with E-state index < -0.39 is 0 Å². The molecule has 0 aliphatic rings. The van der Waals surface area contributed by atoms with Crippen LogP contribution in [0.3, 0.4) is 0 Å². The van der Waals surface area contributed by atoms with Gasteiger partial charge in [-0.2, -0.15) is 4.98 Å². The summed E-state index contributed by atoms with van der Waals surface area (Å²) in [5, 5.41) is 2.94. The van der Waals surface area contributed by atoms with Crippen molar-refractivity contribution >= 4 is 33.4 Å². The van der Waals surface area contributed by atoms with Gasteiger partial charge in [0.1, 0.15) is 11.6 Å². The zero-order valence-electron chi connectivity index (χ0n) is 8.11. The summed E-state index contributed by atoms with van der Waals surface area (Å²) in [4.78, 5) is 7.79. The molecule has 0 unspecified atom stereocenters. The molecule has 0 spiro atoms. The van der Waals surface area contributed by atoms with Crippen LogP contribution in [0.15, 0.2) is 34.9 Å². The molecule has 0 saturated heterocycles. The van der Waals surface area contributed by atoms with Crippen molar-refractivity contribution in [1.29, 1.82) is 0 Å². The summed E-state index contributed by atoms with van der Waals surface area (Å²) in [6.45, 7) is 0. The van der Waals surface area contributed by atoms with E-state index in [1.807, 2.05) is 0 Å². The van der Waals surface area contributed by atoms with Crippen molar-refractivity contribution in [3.05, 3.63) is 40.8 Å². The van der Waals surface area contributed by atoms with E-state index in [2.05, 4.69) is 31.2 Å². The number of anilines is 3. The topological polar surface area (TPSA) is 63.8 Å². The molecule has 2 rings (SSSR count). The van der Waals surface area contributed by atoms with Gasteiger partial charge in [-0.25, -0.2) is 9.37 Å². The Morgan fingerprint density at radius 2 is 2.19 bits per heavy atom. The van der Waals surface area contributed by atoms with Gasteiger partial charge in [0.2, 0.25) is 5.95 Å². The molecular formula is C10H8BrFN4.